The smallest absolute Gasteiger partial charge is 0.411 e. The highest BCUT2D eigenvalue weighted by molar-refractivity contribution is 5.89. The summed E-state index contributed by atoms with van der Waals surface area (Å²) in [7, 11) is 1.37. The molecule has 1 N–H and O–H groups in total. The third-order valence-corrected chi connectivity index (χ3v) is 5.27. The molecule has 5 heteroatoms. The molecule has 1 saturated carbocycles. The molecule has 0 aliphatic heterocycles. The maximum absolute atomic E-state index is 11.5. The number of hydrogen-bond acceptors (Lipinski definition) is 3. The molecule has 2 aromatic rings. The zero-order valence-corrected chi connectivity index (χ0v) is 16.5. The Kier molecular flexibility index (Phi) is 5.54. The first-order valence-corrected chi connectivity index (χ1v) is 9.74. The van der Waals surface area contributed by atoms with Crippen molar-refractivity contribution in [3.63, 3.8) is 0 Å². The summed E-state index contributed by atoms with van der Waals surface area (Å²) in [4.78, 5) is 16.4. The number of ether oxygens (including phenoxy) is 1. The van der Waals surface area contributed by atoms with Gasteiger partial charge in [-0.25, -0.2) is 9.78 Å². The van der Waals surface area contributed by atoms with E-state index in [4.69, 9.17) is 4.98 Å². The molecule has 0 atom stereocenters. The van der Waals surface area contributed by atoms with Crippen LogP contribution in [0, 0.1) is 5.92 Å². The number of hydrogen-bond donors (Lipinski definition) is 1. The molecule has 0 radical (unpaired) electrons. The Balaban J connectivity index is 1.97. The molecule has 1 amide bonds. The zero-order valence-electron chi connectivity index (χ0n) is 16.5. The first kappa shape index (κ1) is 18.7. The molecule has 0 saturated heterocycles. The minimum absolute atomic E-state index is 0.0281. The van der Waals surface area contributed by atoms with Gasteiger partial charge in [0.15, 0.2) is 0 Å². The zero-order chi connectivity index (χ0) is 18.7. The summed E-state index contributed by atoms with van der Waals surface area (Å²) < 4.78 is 7.10. The van der Waals surface area contributed by atoms with Crippen LogP contribution in [0.4, 0.5) is 10.5 Å². The van der Waals surface area contributed by atoms with Crippen LogP contribution in [0.15, 0.2) is 18.2 Å². The van der Waals surface area contributed by atoms with Crippen molar-refractivity contribution in [2.75, 3.05) is 12.4 Å². The van der Waals surface area contributed by atoms with Gasteiger partial charge in [0.1, 0.15) is 5.82 Å². The first-order valence-electron chi connectivity index (χ1n) is 9.74. The summed E-state index contributed by atoms with van der Waals surface area (Å²) in [5.41, 5.74) is 2.76. The number of nitrogens with one attached hydrogen (secondary N) is 1. The number of imidazole rings is 1. The molecule has 1 aromatic heterocycles. The fourth-order valence-electron chi connectivity index (χ4n) is 3.94. The molecule has 142 valence electrons. The number of amides is 1. The van der Waals surface area contributed by atoms with Crippen LogP contribution in [-0.2, 0) is 16.7 Å². The van der Waals surface area contributed by atoms with Gasteiger partial charge in [0.05, 0.1) is 18.1 Å². The second-order valence-corrected chi connectivity index (χ2v) is 8.47. The lowest BCUT2D eigenvalue weighted by Crippen LogP contribution is -2.21. The van der Waals surface area contributed by atoms with Gasteiger partial charge in [-0.3, -0.25) is 5.32 Å². The molecule has 26 heavy (non-hydrogen) atoms. The van der Waals surface area contributed by atoms with E-state index in [2.05, 4.69) is 41.5 Å². The lowest BCUT2D eigenvalue weighted by atomic mass is 9.94. The van der Waals surface area contributed by atoms with E-state index in [1.807, 2.05) is 12.1 Å². The third kappa shape index (κ3) is 4.19. The van der Waals surface area contributed by atoms with Crippen LogP contribution in [0.1, 0.15) is 65.1 Å². The number of nitrogens with zero attached hydrogens (tertiary/aromatic N) is 2. The molecular weight excluding hydrogens is 326 g/mol. The van der Waals surface area contributed by atoms with Crippen molar-refractivity contribution < 1.29 is 9.53 Å². The van der Waals surface area contributed by atoms with Crippen molar-refractivity contribution in [2.45, 2.75) is 71.3 Å². The summed E-state index contributed by atoms with van der Waals surface area (Å²) in [5, 5.41) is 2.73. The highest BCUT2D eigenvalue weighted by Crippen LogP contribution is 2.31. The van der Waals surface area contributed by atoms with Gasteiger partial charge in [-0.05, 0) is 37.0 Å². The monoisotopic (exact) mass is 357 g/mol. The SMILES string of the molecule is COC(=O)Nc1ccc2c(c1)nc(C(C)(C)C)n2CC1CCCCCC1. The molecule has 3 rings (SSSR count). The minimum atomic E-state index is -0.460. The van der Waals surface area contributed by atoms with Crippen LogP contribution in [0.2, 0.25) is 0 Å². The molecule has 1 aliphatic rings. The van der Waals surface area contributed by atoms with Crippen LogP contribution in [0.25, 0.3) is 11.0 Å². The first-order chi connectivity index (χ1) is 12.4. The maximum atomic E-state index is 11.5. The standard InChI is InChI=1S/C21H31N3O2/c1-21(2,3)19-23-17-13-16(22-20(25)26-4)11-12-18(17)24(19)14-15-9-7-5-6-8-10-15/h11-13,15H,5-10,14H2,1-4H3,(H,22,25). The van der Waals surface area contributed by atoms with Gasteiger partial charge in [0.25, 0.3) is 0 Å². The lowest BCUT2D eigenvalue weighted by Gasteiger charge is -2.23. The summed E-state index contributed by atoms with van der Waals surface area (Å²) >= 11 is 0. The van der Waals surface area contributed by atoms with E-state index in [1.165, 1.54) is 45.6 Å². The van der Waals surface area contributed by atoms with Crippen molar-refractivity contribution in [3.8, 4) is 0 Å². The second-order valence-electron chi connectivity index (χ2n) is 8.47. The highest BCUT2D eigenvalue weighted by Gasteiger charge is 2.25. The molecule has 1 aliphatic carbocycles. The Morgan fingerprint density at radius 1 is 1.23 bits per heavy atom. The Bertz CT molecular complexity index is 765. The van der Waals surface area contributed by atoms with Crippen molar-refractivity contribution >= 4 is 22.8 Å². The van der Waals surface area contributed by atoms with Gasteiger partial charge in [0, 0.05) is 17.6 Å². The van der Waals surface area contributed by atoms with Gasteiger partial charge in [0.2, 0.25) is 0 Å². The number of fused-ring (bicyclic) bond motifs is 1. The molecule has 1 aromatic carbocycles. The summed E-state index contributed by atoms with van der Waals surface area (Å²) in [6.07, 6.45) is 7.59. The Hall–Kier alpha value is -2.04. The van der Waals surface area contributed by atoms with Crippen molar-refractivity contribution in [3.05, 3.63) is 24.0 Å². The van der Waals surface area contributed by atoms with Crippen LogP contribution < -0.4 is 5.32 Å². The van der Waals surface area contributed by atoms with Gasteiger partial charge < -0.3 is 9.30 Å². The van der Waals surface area contributed by atoms with E-state index in [-0.39, 0.29) is 5.41 Å². The highest BCUT2D eigenvalue weighted by atomic mass is 16.5. The molecular formula is C21H31N3O2. The van der Waals surface area contributed by atoms with Crippen LogP contribution in [0.5, 0.6) is 0 Å². The van der Waals surface area contributed by atoms with E-state index in [0.29, 0.717) is 5.69 Å². The normalized spacial score (nSPS) is 16.5. The molecule has 5 nitrogen and oxygen atoms in total. The fraction of sp³-hybridized carbons (Fsp3) is 0.619. The molecule has 0 bridgehead atoms. The van der Waals surface area contributed by atoms with E-state index >= 15 is 0 Å². The maximum Gasteiger partial charge on any atom is 0.411 e. The number of carbonyl (C=O) groups excluding carboxylic acids is 1. The van der Waals surface area contributed by atoms with Gasteiger partial charge in [-0.2, -0.15) is 0 Å². The number of methoxy groups -OCH3 is 1. The summed E-state index contributed by atoms with van der Waals surface area (Å²) in [6, 6.07) is 5.93. The number of benzene rings is 1. The van der Waals surface area contributed by atoms with E-state index in [0.717, 1.165) is 29.3 Å². The summed E-state index contributed by atoms with van der Waals surface area (Å²) in [5.74, 6) is 1.84. The van der Waals surface area contributed by atoms with Crippen molar-refractivity contribution in [1.82, 2.24) is 9.55 Å². The van der Waals surface area contributed by atoms with Crippen LogP contribution >= 0.6 is 0 Å². The number of anilines is 1. The predicted octanol–water partition coefficient (Wildman–Crippen LogP) is 5.48. The lowest BCUT2D eigenvalue weighted by molar-refractivity contribution is 0.187. The predicted molar refractivity (Wildman–Crippen MR) is 106 cm³/mol. The van der Waals surface area contributed by atoms with Crippen LogP contribution in [-0.4, -0.2) is 22.8 Å². The Labute approximate surface area is 156 Å². The minimum Gasteiger partial charge on any atom is -0.453 e. The largest absolute Gasteiger partial charge is 0.453 e. The molecule has 0 unspecified atom stereocenters. The van der Waals surface area contributed by atoms with Gasteiger partial charge in [-0.15, -0.1) is 0 Å². The Morgan fingerprint density at radius 2 is 1.92 bits per heavy atom. The molecule has 1 fully saturated rings. The van der Waals surface area contributed by atoms with E-state index in [1.54, 1.807) is 0 Å². The summed E-state index contributed by atoms with van der Waals surface area (Å²) in [6.45, 7) is 7.68. The number of carbonyl (C=O) groups is 1. The van der Waals surface area contributed by atoms with Crippen LogP contribution in [0.3, 0.4) is 0 Å². The van der Waals surface area contributed by atoms with Gasteiger partial charge >= 0.3 is 6.09 Å². The molecule has 0 spiro atoms. The van der Waals surface area contributed by atoms with Crippen molar-refractivity contribution in [1.29, 1.82) is 0 Å². The number of aromatic nitrogens is 2. The Morgan fingerprint density at radius 3 is 2.54 bits per heavy atom. The van der Waals surface area contributed by atoms with Gasteiger partial charge in [-0.1, -0.05) is 46.5 Å². The third-order valence-electron chi connectivity index (χ3n) is 5.27. The number of rotatable bonds is 3. The fourth-order valence-corrected chi connectivity index (χ4v) is 3.94. The quantitative estimate of drug-likeness (QED) is 0.740. The van der Waals surface area contributed by atoms with Crippen molar-refractivity contribution in [2.24, 2.45) is 5.92 Å². The topological polar surface area (TPSA) is 56.1 Å². The van der Waals surface area contributed by atoms with E-state index in [9.17, 15) is 4.79 Å². The van der Waals surface area contributed by atoms with E-state index < -0.39 is 6.09 Å². The average Bonchev–Trinajstić information content (AvgIpc) is 2.77. The average molecular weight is 357 g/mol. The molecule has 1 heterocycles. The second kappa shape index (κ2) is 7.68.